The highest BCUT2D eigenvalue weighted by atomic mass is 32.2. The van der Waals surface area contributed by atoms with Gasteiger partial charge in [0.05, 0.1) is 9.79 Å². The summed E-state index contributed by atoms with van der Waals surface area (Å²) in [6.07, 6.45) is 2.74. The lowest BCUT2D eigenvalue weighted by atomic mass is 10.1. The number of benzene rings is 2. The predicted molar refractivity (Wildman–Crippen MR) is 146 cm³/mol. The third kappa shape index (κ3) is 6.22. The predicted octanol–water partition coefficient (Wildman–Crippen LogP) is 3.02. The van der Waals surface area contributed by atoms with E-state index in [0.717, 1.165) is 4.90 Å². The first-order chi connectivity index (χ1) is 18.5. The number of imide groups is 1. The maximum Gasteiger partial charge on any atom is 0.267 e. The van der Waals surface area contributed by atoms with Gasteiger partial charge in [-0.1, -0.05) is 27.7 Å². The van der Waals surface area contributed by atoms with Gasteiger partial charge in [-0.05, 0) is 54.6 Å². The van der Waals surface area contributed by atoms with Crippen LogP contribution in [0.1, 0.15) is 48.4 Å². The Hall–Kier alpha value is -3.52. The highest BCUT2D eigenvalue weighted by Gasteiger charge is 2.30. The third-order valence-corrected chi connectivity index (χ3v) is 10.2. The number of amides is 2. The van der Waals surface area contributed by atoms with Crippen LogP contribution in [0, 0.1) is 0 Å². The zero-order chi connectivity index (χ0) is 28.8. The van der Waals surface area contributed by atoms with Gasteiger partial charge in [0, 0.05) is 49.7 Å². The number of sulfonamides is 2. The first-order valence-corrected chi connectivity index (χ1v) is 15.3. The first kappa shape index (κ1) is 30.0. The molecule has 3 rings (SSSR count). The van der Waals surface area contributed by atoms with E-state index in [0.29, 0.717) is 26.2 Å². The number of nitrogens with zero attached hydrogens (tertiary/aromatic N) is 5. The summed E-state index contributed by atoms with van der Waals surface area (Å²) in [4.78, 5) is 35.9. The van der Waals surface area contributed by atoms with Gasteiger partial charge in [0.25, 0.3) is 11.8 Å². The van der Waals surface area contributed by atoms with Gasteiger partial charge in [-0.15, -0.1) is 0 Å². The lowest BCUT2D eigenvalue weighted by molar-refractivity contribution is 0.0895. The molecular weight excluding hydrogens is 542 g/mol. The van der Waals surface area contributed by atoms with Crippen molar-refractivity contribution in [1.29, 1.82) is 0 Å². The van der Waals surface area contributed by atoms with Gasteiger partial charge in [-0.25, -0.2) is 31.7 Å². The molecule has 2 amide bonds. The van der Waals surface area contributed by atoms with E-state index < -0.39 is 31.9 Å². The number of anilines is 1. The molecule has 0 aliphatic rings. The van der Waals surface area contributed by atoms with Crippen molar-refractivity contribution in [3.05, 3.63) is 78.1 Å². The zero-order valence-corrected chi connectivity index (χ0v) is 23.8. The van der Waals surface area contributed by atoms with E-state index in [9.17, 15) is 26.4 Å². The van der Waals surface area contributed by atoms with Crippen molar-refractivity contribution in [2.24, 2.45) is 0 Å². The Morgan fingerprint density at radius 1 is 0.615 bits per heavy atom. The average Bonchev–Trinajstić information content (AvgIpc) is 2.95. The summed E-state index contributed by atoms with van der Waals surface area (Å²) in [6.45, 7) is 8.10. The van der Waals surface area contributed by atoms with Gasteiger partial charge >= 0.3 is 0 Å². The second-order valence-electron chi connectivity index (χ2n) is 8.22. The molecule has 0 aliphatic heterocycles. The second kappa shape index (κ2) is 12.6. The number of carbonyl (C=O) groups is 2. The fourth-order valence-corrected chi connectivity index (χ4v) is 6.82. The number of aromatic nitrogens is 2. The van der Waals surface area contributed by atoms with Crippen LogP contribution >= 0.6 is 0 Å². The van der Waals surface area contributed by atoms with Gasteiger partial charge in [0.1, 0.15) is 0 Å². The highest BCUT2D eigenvalue weighted by molar-refractivity contribution is 7.89. The zero-order valence-electron chi connectivity index (χ0n) is 22.2. The van der Waals surface area contributed by atoms with E-state index in [2.05, 4.69) is 9.97 Å². The van der Waals surface area contributed by atoms with E-state index in [4.69, 9.17) is 0 Å². The second-order valence-corrected chi connectivity index (χ2v) is 12.1. The molecule has 0 radical (unpaired) electrons. The molecule has 208 valence electrons. The Kier molecular flexibility index (Phi) is 9.67. The maximum atomic E-state index is 13.5. The Labute approximate surface area is 229 Å². The Bertz CT molecular complexity index is 1410. The lowest BCUT2D eigenvalue weighted by Gasteiger charge is -2.21. The third-order valence-electron chi connectivity index (χ3n) is 6.05. The molecule has 0 unspecified atom stereocenters. The van der Waals surface area contributed by atoms with Gasteiger partial charge in [-0.2, -0.15) is 8.61 Å². The minimum atomic E-state index is -3.74. The molecule has 0 saturated heterocycles. The molecule has 13 heteroatoms. The molecule has 0 fully saturated rings. The fourth-order valence-electron chi connectivity index (χ4n) is 3.90. The van der Waals surface area contributed by atoms with Crippen molar-refractivity contribution >= 4 is 37.8 Å². The van der Waals surface area contributed by atoms with E-state index in [1.165, 1.54) is 75.6 Å². The molecule has 3 aromatic rings. The van der Waals surface area contributed by atoms with E-state index in [1.54, 1.807) is 27.7 Å². The minimum Gasteiger partial charge on any atom is -0.268 e. The van der Waals surface area contributed by atoms with Crippen LogP contribution in [0.2, 0.25) is 0 Å². The van der Waals surface area contributed by atoms with Gasteiger partial charge in [-0.3, -0.25) is 9.59 Å². The molecule has 1 aromatic heterocycles. The number of carbonyl (C=O) groups excluding carboxylic acids is 2. The summed E-state index contributed by atoms with van der Waals surface area (Å²) in [5.74, 6) is -1.75. The van der Waals surface area contributed by atoms with Gasteiger partial charge in [0.15, 0.2) is 0 Å². The van der Waals surface area contributed by atoms with E-state index in [1.807, 2.05) is 0 Å². The summed E-state index contributed by atoms with van der Waals surface area (Å²) in [7, 11) is -7.48. The Morgan fingerprint density at radius 3 is 1.26 bits per heavy atom. The van der Waals surface area contributed by atoms with Crippen LogP contribution < -0.4 is 4.90 Å². The van der Waals surface area contributed by atoms with Gasteiger partial charge in [0.2, 0.25) is 26.0 Å². The van der Waals surface area contributed by atoms with Crippen molar-refractivity contribution in [1.82, 2.24) is 18.6 Å². The molecule has 0 atom stereocenters. The molecule has 0 bridgehead atoms. The molecular formula is C26H31N5O6S2. The van der Waals surface area contributed by atoms with Crippen LogP contribution in [0.15, 0.2) is 76.8 Å². The summed E-state index contributed by atoms with van der Waals surface area (Å²) in [5, 5.41) is 0. The van der Waals surface area contributed by atoms with Crippen molar-refractivity contribution in [3.8, 4) is 0 Å². The van der Waals surface area contributed by atoms with Crippen LogP contribution in [-0.2, 0) is 20.0 Å². The SMILES string of the molecule is CCN(CC)S(=O)(=O)c1ccc(C(=O)N(C(=O)c2ccc(S(=O)(=O)N(CC)CC)cc2)c2ncccn2)cc1. The molecule has 0 aliphatic carbocycles. The summed E-state index contributed by atoms with van der Waals surface area (Å²) < 4.78 is 53.8. The van der Waals surface area contributed by atoms with Crippen molar-refractivity contribution < 1.29 is 26.4 Å². The van der Waals surface area contributed by atoms with Crippen LogP contribution in [0.25, 0.3) is 0 Å². The monoisotopic (exact) mass is 573 g/mol. The fraction of sp³-hybridized carbons (Fsp3) is 0.308. The minimum absolute atomic E-state index is 0.0154. The number of rotatable bonds is 11. The largest absolute Gasteiger partial charge is 0.268 e. The maximum absolute atomic E-state index is 13.5. The smallest absolute Gasteiger partial charge is 0.267 e. The summed E-state index contributed by atoms with van der Waals surface area (Å²) in [6, 6.07) is 12.0. The van der Waals surface area contributed by atoms with E-state index >= 15 is 0 Å². The Morgan fingerprint density at radius 2 is 0.949 bits per heavy atom. The molecule has 11 nitrogen and oxygen atoms in total. The molecule has 0 N–H and O–H groups in total. The van der Waals surface area contributed by atoms with Crippen LogP contribution in [0.5, 0.6) is 0 Å². The van der Waals surface area contributed by atoms with Crippen LogP contribution in [0.3, 0.4) is 0 Å². The van der Waals surface area contributed by atoms with Crippen LogP contribution in [-0.4, -0.2) is 73.4 Å². The quantitative estimate of drug-likeness (QED) is 0.319. The molecule has 0 saturated carbocycles. The molecule has 1 heterocycles. The van der Waals surface area contributed by atoms with Crippen molar-refractivity contribution in [2.45, 2.75) is 37.5 Å². The number of hydrogen-bond donors (Lipinski definition) is 0. The molecule has 2 aromatic carbocycles. The summed E-state index contributed by atoms with van der Waals surface area (Å²) >= 11 is 0. The summed E-state index contributed by atoms with van der Waals surface area (Å²) in [5.41, 5.74) is 0.0741. The lowest BCUT2D eigenvalue weighted by Crippen LogP contribution is -2.38. The van der Waals surface area contributed by atoms with E-state index in [-0.39, 0.29) is 26.9 Å². The standard InChI is InChI=1S/C26H31N5O6S2/c1-5-29(6-2)38(34,35)22-14-10-20(11-15-22)24(32)31(26-27-18-9-19-28-26)25(33)21-12-16-23(17-13-21)39(36,37)30(7-3)8-4/h9-19H,5-8H2,1-4H3. The Balaban J connectivity index is 1.98. The molecule has 0 spiro atoms. The average molecular weight is 574 g/mol. The van der Waals surface area contributed by atoms with Crippen molar-refractivity contribution in [2.75, 3.05) is 31.1 Å². The normalized spacial score (nSPS) is 12.1. The molecule has 39 heavy (non-hydrogen) atoms. The van der Waals surface area contributed by atoms with Gasteiger partial charge < -0.3 is 0 Å². The van der Waals surface area contributed by atoms with Crippen LogP contribution in [0.4, 0.5) is 5.95 Å². The topological polar surface area (TPSA) is 138 Å². The van der Waals surface area contributed by atoms with Crippen molar-refractivity contribution in [3.63, 3.8) is 0 Å². The first-order valence-electron chi connectivity index (χ1n) is 12.4. The highest BCUT2D eigenvalue weighted by Crippen LogP contribution is 2.22. The number of hydrogen-bond acceptors (Lipinski definition) is 8.